The minimum absolute atomic E-state index is 0.0500. The first-order chi connectivity index (χ1) is 13.5. The average Bonchev–Trinajstić information content (AvgIpc) is 3.34. The Morgan fingerprint density at radius 2 is 2.07 bits per heavy atom. The van der Waals surface area contributed by atoms with Crippen LogP contribution in [0, 0.1) is 12.7 Å². The first-order valence-corrected chi connectivity index (χ1v) is 10.2. The van der Waals surface area contributed by atoms with Gasteiger partial charge >= 0.3 is 0 Å². The number of aromatic nitrogens is 1. The number of hydrogen-bond acceptors (Lipinski definition) is 5. The summed E-state index contributed by atoms with van der Waals surface area (Å²) in [6, 6.07) is 8.11. The number of hydrogen-bond donors (Lipinski definition) is 0. The molecule has 5 nitrogen and oxygen atoms in total. The molecule has 0 spiro atoms. The highest BCUT2D eigenvalue weighted by atomic mass is 35.5. The predicted octanol–water partition coefficient (Wildman–Crippen LogP) is 4.46. The van der Waals surface area contributed by atoms with E-state index in [1.54, 1.807) is 18.4 Å². The van der Waals surface area contributed by atoms with E-state index in [1.165, 1.54) is 23.5 Å². The first kappa shape index (κ1) is 19.1. The lowest BCUT2D eigenvalue weighted by Crippen LogP contribution is -2.48. The maximum absolute atomic E-state index is 13.2. The zero-order valence-electron chi connectivity index (χ0n) is 15.3. The molecule has 8 heteroatoms. The van der Waals surface area contributed by atoms with E-state index in [0.717, 1.165) is 28.5 Å². The lowest BCUT2D eigenvalue weighted by molar-refractivity contribution is 0.0623. The second-order valence-electron chi connectivity index (χ2n) is 6.71. The summed E-state index contributed by atoms with van der Waals surface area (Å²) in [5.41, 5.74) is 1.38. The quantitative estimate of drug-likeness (QED) is 0.626. The molecule has 1 fully saturated rings. The molecule has 1 saturated heterocycles. The van der Waals surface area contributed by atoms with Crippen molar-refractivity contribution in [1.29, 1.82) is 0 Å². The van der Waals surface area contributed by atoms with Crippen molar-refractivity contribution in [2.45, 2.75) is 13.5 Å². The van der Waals surface area contributed by atoms with E-state index in [4.69, 9.17) is 16.0 Å². The summed E-state index contributed by atoms with van der Waals surface area (Å²) in [6.07, 6.45) is 1.60. The molecule has 0 aliphatic carbocycles. The molecule has 146 valence electrons. The second kappa shape index (κ2) is 8.03. The number of rotatable bonds is 4. The van der Waals surface area contributed by atoms with Gasteiger partial charge in [0, 0.05) is 42.6 Å². The Labute approximate surface area is 171 Å². The fourth-order valence-corrected chi connectivity index (χ4v) is 4.35. The monoisotopic (exact) mass is 419 g/mol. The van der Waals surface area contributed by atoms with Crippen LogP contribution in [0.15, 0.2) is 41.0 Å². The number of nitrogens with zero attached hydrogens (tertiary/aromatic N) is 3. The minimum atomic E-state index is -0.336. The van der Waals surface area contributed by atoms with Crippen LogP contribution in [-0.2, 0) is 6.54 Å². The average molecular weight is 420 g/mol. The smallest absolute Gasteiger partial charge is 0.273 e. The molecule has 0 saturated carbocycles. The number of carbonyl (C=O) groups is 1. The Kier molecular flexibility index (Phi) is 5.48. The van der Waals surface area contributed by atoms with Gasteiger partial charge in [-0.25, -0.2) is 9.37 Å². The molecule has 1 aliphatic heterocycles. The number of carbonyl (C=O) groups excluding carboxylic acids is 1. The molecule has 0 atom stereocenters. The van der Waals surface area contributed by atoms with Gasteiger partial charge in [-0.3, -0.25) is 9.69 Å². The molecule has 0 bridgehead atoms. The first-order valence-electron chi connectivity index (χ1n) is 8.98. The van der Waals surface area contributed by atoms with Gasteiger partial charge in [0.15, 0.2) is 10.8 Å². The highest BCUT2D eigenvalue weighted by Crippen LogP contribution is 2.29. The lowest BCUT2D eigenvalue weighted by atomic mass is 10.2. The summed E-state index contributed by atoms with van der Waals surface area (Å²) < 4.78 is 18.6. The van der Waals surface area contributed by atoms with E-state index in [2.05, 4.69) is 9.88 Å². The van der Waals surface area contributed by atoms with Crippen LogP contribution in [0.3, 0.4) is 0 Å². The number of aryl methyl sites for hydroxylation is 1. The van der Waals surface area contributed by atoms with Gasteiger partial charge in [-0.2, -0.15) is 0 Å². The Morgan fingerprint density at radius 1 is 1.29 bits per heavy atom. The van der Waals surface area contributed by atoms with E-state index < -0.39 is 0 Å². The second-order valence-corrected chi connectivity index (χ2v) is 8.32. The van der Waals surface area contributed by atoms with Gasteiger partial charge in [-0.05, 0) is 36.8 Å². The highest BCUT2D eigenvalue weighted by Gasteiger charge is 2.26. The molecule has 0 radical (unpaired) electrons. The van der Waals surface area contributed by atoms with Crippen LogP contribution in [0.5, 0.6) is 0 Å². The van der Waals surface area contributed by atoms with Crippen LogP contribution in [0.4, 0.5) is 4.39 Å². The molecular formula is C20H19ClFN3O2S. The molecule has 0 N–H and O–H groups in total. The number of benzene rings is 1. The van der Waals surface area contributed by atoms with Crippen molar-refractivity contribution in [2.24, 2.45) is 0 Å². The SMILES string of the molecule is Cc1sc(-c2ccco2)nc1C(=O)N1CCN(Cc2ccc(F)cc2Cl)CC1. The topological polar surface area (TPSA) is 49.6 Å². The van der Waals surface area contributed by atoms with Crippen molar-refractivity contribution in [1.82, 2.24) is 14.8 Å². The van der Waals surface area contributed by atoms with Crippen molar-refractivity contribution >= 4 is 28.8 Å². The molecule has 4 rings (SSSR count). The van der Waals surface area contributed by atoms with E-state index >= 15 is 0 Å². The van der Waals surface area contributed by atoms with Gasteiger partial charge in [-0.15, -0.1) is 11.3 Å². The number of furan rings is 1. The fraction of sp³-hybridized carbons (Fsp3) is 0.300. The predicted molar refractivity (Wildman–Crippen MR) is 107 cm³/mol. The summed E-state index contributed by atoms with van der Waals surface area (Å²) in [4.78, 5) is 22.3. The fourth-order valence-electron chi connectivity index (χ4n) is 3.25. The molecule has 0 unspecified atom stereocenters. The van der Waals surface area contributed by atoms with Crippen molar-refractivity contribution in [3.05, 3.63) is 63.6 Å². The Morgan fingerprint density at radius 3 is 2.75 bits per heavy atom. The number of amides is 1. The summed E-state index contributed by atoms with van der Waals surface area (Å²) in [6.45, 7) is 5.24. The number of thiazole rings is 1. The van der Waals surface area contributed by atoms with Gasteiger partial charge in [0.05, 0.1) is 6.26 Å². The lowest BCUT2D eigenvalue weighted by Gasteiger charge is -2.34. The third-order valence-electron chi connectivity index (χ3n) is 4.80. The Bertz CT molecular complexity index is 982. The standard InChI is InChI=1S/C20H19ClFN3O2S/c1-13-18(23-19(28-13)17-3-2-10-27-17)20(26)25-8-6-24(7-9-25)12-14-4-5-15(22)11-16(14)21/h2-5,10-11H,6-9,12H2,1H3. The molecule has 1 aromatic carbocycles. The van der Waals surface area contributed by atoms with Crippen molar-refractivity contribution in [2.75, 3.05) is 26.2 Å². The van der Waals surface area contributed by atoms with Crippen molar-refractivity contribution in [3.8, 4) is 10.8 Å². The van der Waals surface area contributed by atoms with Gasteiger partial charge in [-0.1, -0.05) is 17.7 Å². The van der Waals surface area contributed by atoms with E-state index in [-0.39, 0.29) is 11.7 Å². The van der Waals surface area contributed by atoms with Crippen LogP contribution >= 0.6 is 22.9 Å². The highest BCUT2D eigenvalue weighted by molar-refractivity contribution is 7.15. The van der Waals surface area contributed by atoms with Crippen LogP contribution in [0.25, 0.3) is 10.8 Å². The number of halogens is 2. The maximum Gasteiger partial charge on any atom is 0.273 e. The molecular weight excluding hydrogens is 401 g/mol. The molecule has 3 aromatic rings. The molecule has 3 heterocycles. The summed E-state index contributed by atoms with van der Waals surface area (Å²) >= 11 is 7.59. The largest absolute Gasteiger partial charge is 0.462 e. The summed E-state index contributed by atoms with van der Waals surface area (Å²) in [5, 5.41) is 1.15. The molecule has 1 aliphatic rings. The van der Waals surface area contributed by atoms with Crippen molar-refractivity contribution < 1.29 is 13.6 Å². The van der Waals surface area contributed by atoms with Crippen LogP contribution in [0.1, 0.15) is 20.9 Å². The van der Waals surface area contributed by atoms with Gasteiger partial charge < -0.3 is 9.32 Å². The Hall–Kier alpha value is -2.22. The normalized spacial score (nSPS) is 15.2. The van der Waals surface area contributed by atoms with Gasteiger partial charge in [0.2, 0.25) is 0 Å². The summed E-state index contributed by atoms with van der Waals surface area (Å²) in [5.74, 6) is 0.288. The van der Waals surface area contributed by atoms with Crippen LogP contribution in [0.2, 0.25) is 5.02 Å². The van der Waals surface area contributed by atoms with E-state index in [1.807, 2.05) is 17.9 Å². The van der Waals surface area contributed by atoms with Crippen molar-refractivity contribution in [3.63, 3.8) is 0 Å². The third-order valence-corrected chi connectivity index (χ3v) is 6.14. The molecule has 28 heavy (non-hydrogen) atoms. The molecule has 2 aromatic heterocycles. The maximum atomic E-state index is 13.2. The third kappa shape index (κ3) is 3.97. The van der Waals surface area contributed by atoms with Gasteiger partial charge in [0.1, 0.15) is 11.5 Å². The van der Waals surface area contributed by atoms with E-state index in [9.17, 15) is 9.18 Å². The van der Waals surface area contributed by atoms with Crippen LogP contribution in [-0.4, -0.2) is 46.9 Å². The Balaban J connectivity index is 1.39. The summed E-state index contributed by atoms with van der Waals surface area (Å²) in [7, 11) is 0. The number of piperazine rings is 1. The van der Waals surface area contributed by atoms with Crippen LogP contribution < -0.4 is 0 Å². The molecule has 1 amide bonds. The zero-order valence-corrected chi connectivity index (χ0v) is 16.9. The minimum Gasteiger partial charge on any atom is -0.462 e. The van der Waals surface area contributed by atoms with Gasteiger partial charge in [0.25, 0.3) is 5.91 Å². The zero-order chi connectivity index (χ0) is 19.7. The van der Waals surface area contributed by atoms with E-state index in [0.29, 0.717) is 36.1 Å².